The van der Waals surface area contributed by atoms with E-state index in [-0.39, 0.29) is 11.2 Å². The van der Waals surface area contributed by atoms with Crippen molar-refractivity contribution in [2.45, 2.75) is 11.9 Å². The highest BCUT2D eigenvalue weighted by Gasteiger charge is 2.08. The van der Waals surface area contributed by atoms with Crippen molar-refractivity contribution in [2.75, 3.05) is 27.3 Å². The summed E-state index contributed by atoms with van der Waals surface area (Å²) in [5.41, 5.74) is 0.837. The van der Waals surface area contributed by atoms with Gasteiger partial charge in [-0.2, -0.15) is 0 Å². The average molecular weight is 247 g/mol. The molecular formula is C11H16ClFN2O. The zero-order chi connectivity index (χ0) is 12.0. The summed E-state index contributed by atoms with van der Waals surface area (Å²) in [5, 5.41) is -0.0588. The van der Waals surface area contributed by atoms with Crippen LogP contribution in [0, 0.1) is 5.82 Å². The summed E-state index contributed by atoms with van der Waals surface area (Å²) < 4.78 is 17.8. The molecule has 0 spiro atoms. The fourth-order valence-corrected chi connectivity index (χ4v) is 1.85. The first-order valence-corrected chi connectivity index (χ1v) is 5.46. The molecule has 3 nitrogen and oxygen atoms in total. The molecule has 16 heavy (non-hydrogen) atoms. The highest BCUT2D eigenvalue weighted by atomic mass is 35.5. The minimum Gasteiger partial charge on any atom is -0.383 e. The van der Waals surface area contributed by atoms with E-state index in [4.69, 9.17) is 16.3 Å². The summed E-state index contributed by atoms with van der Waals surface area (Å²) >= 11 is 6.02. The monoisotopic (exact) mass is 246 g/mol. The molecule has 1 rings (SSSR count). The summed E-state index contributed by atoms with van der Waals surface area (Å²) in [6.45, 7) is 1.82. The molecule has 0 saturated heterocycles. The first kappa shape index (κ1) is 13.4. The van der Waals surface area contributed by atoms with E-state index in [0.29, 0.717) is 19.7 Å². The smallest absolute Gasteiger partial charge is 0.141 e. The third-order valence-corrected chi connectivity index (χ3v) is 2.34. The molecule has 1 heterocycles. The molecule has 0 bridgehead atoms. The zero-order valence-electron chi connectivity index (χ0n) is 9.49. The van der Waals surface area contributed by atoms with Crippen LogP contribution in [0.3, 0.4) is 0 Å². The standard InChI is InChI=1S/C11H16ClFN2O/c1-15(7-10(12)8-16-2)6-9-3-11(13)5-14-4-9/h3-5,10H,6-8H2,1-2H3. The molecule has 0 aliphatic carbocycles. The molecule has 0 aliphatic rings. The van der Waals surface area contributed by atoms with Crippen molar-refractivity contribution in [3.05, 3.63) is 29.8 Å². The Morgan fingerprint density at radius 2 is 2.31 bits per heavy atom. The van der Waals surface area contributed by atoms with Gasteiger partial charge in [0, 0.05) is 26.4 Å². The van der Waals surface area contributed by atoms with Crippen LogP contribution in [-0.4, -0.2) is 42.6 Å². The molecule has 0 aliphatic heterocycles. The Morgan fingerprint density at radius 1 is 1.56 bits per heavy atom. The number of methoxy groups -OCH3 is 1. The van der Waals surface area contributed by atoms with Crippen LogP contribution in [0.15, 0.2) is 18.5 Å². The maximum atomic E-state index is 12.9. The van der Waals surface area contributed by atoms with Gasteiger partial charge in [-0.1, -0.05) is 0 Å². The summed E-state index contributed by atoms with van der Waals surface area (Å²) in [6, 6.07) is 1.48. The molecule has 0 aromatic carbocycles. The van der Waals surface area contributed by atoms with Gasteiger partial charge in [0.25, 0.3) is 0 Å². The SMILES string of the molecule is COCC(Cl)CN(C)Cc1cncc(F)c1. The van der Waals surface area contributed by atoms with Gasteiger partial charge < -0.3 is 9.64 Å². The average Bonchev–Trinajstić information content (AvgIpc) is 2.17. The van der Waals surface area contributed by atoms with Crippen molar-refractivity contribution in [1.29, 1.82) is 0 Å². The first-order chi connectivity index (χ1) is 7.61. The number of hydrogen-bond acceptors (Lipinski definition) is 3. The second-order valence-electron chi connectivity index (χ2n) is 3.76. The van der Waals surface area contributed by atoms with Gasteiger partial charge in [0.1, 0.15) is 5.82 Å². The van der Waals surface area contributed by atoms with Crippen LogP contribution in [-0.2, 0) is 11.3 Å². The van der Waals surface area contributed by atoms with Crippen molar-refractivity contribution in [3.8, 4) is 0 Å². The van der Waals surface area contributed by atoms with E-state index in [1.807, 2.05) is 11.9 Å². The number of pyridine rings is 1. The quantitative estimate of drug-likeness (QED) is 0.717. The third kappa shape index (κ3) is 4.88. The van der Waals surface area contributed by atoms with E-state index < -0.39 is 0 Å². The van der Waals surface area contributed by atoms with Gasteiger partial charge in [-0.3, -0.25) is 4.98 Å². The summed E-state index contributed by atoms with van der Waals surface area (Å²) in [4.78, 5) is 5.80. The number of rotatable bonds is 6. The minimum atomic E-state index is -0.315. The van der Waals surface area contributed by atoms with Crippen LogP contribution in [0.1, 0.15) is 5.56 Å². The predicted octanol–water partition coefficient (Wildman–Crippen LogP) is 1.91. The molecule has 90 valence electrons. The summed E-state index contributed by atoms with van der Waals surface area (Å²) in [7, 11) is 3.54. The van der Waals surface area contributed by atoms with Crippen LogP contribution >= 0.6 is 11.6 Å². The fraction of sp³-hybridized carbons (Fsp3) is 0.545. The maximum Gasteiger partial charge on any atom is 0.141 e. The van der Waals surface area contributed by atoms with Crippen LogP contribution in [0.5, 0.6) is 0 Å². The molecule has 1 atom stereocenters. The van der Waals surface area contributed by atoms with Crippen LogP contribution in [0.4, 0.5) is 4.39 Å². The summed E-state index contributed by atoms with van der Waals surface area (Å²) in [5.74, 6) is -0.315. The second-order valence-corrected chi connectivity index (χ2v) is 4.38. The van der Waals surface area contributed by atoms with Gasteiger partial charge in [-0.15, -0.1) is 11.6 Å². The normalized spacial score (nSPS) is 13.1. The molecule has 1 aromatic rings. The highest BCUT2D eigenvalue weighted by Crippen LogP contribution is 2.06. The number of ether oxygens (including phenoxy) is 1. The number of nitrogens with zero attached hydrogens (tertiary/aromatic N) is 2. The number of hydrogen-bond donors (Lipinski definition) is 0. The second kappa shape index (κ2) is 6.78. The molecule has 0 amide bonds. The molecule has 0 saturated carbocycles. The lowest BCUT2D eigenvalue weighted by atomic mass is 10.2. The van der Waals surface area contributed by atoms with E-state index in [9.17, 15) is 4.39 Å². The van der Waals surface area contributed by atoms with Crippen LogP contribution < -0.4 is 0 Å². The molecule has 0 fully saturated rings. The lowest BCUT2D eigenvalue weighted by Gasteiger charge is -2.19. The molecule has 1 aromatic heterocycles. The van der Waals surface area contributed by atoms with Gasteiger partial charge in [-0.25, -0.2) is 4.39 Å². The van der Waals surface area contributed by atoms with E-state index >= 15 is 0 Å². The van der Waals surface area contributed by atoms with Crippen molar-refractivity contribution in [1.82, 2.24) is 9.88 Å². The van der Waals surface area contributed by atoms with Crippen molar-refractivity contribution in [3.63, 3.8) is 0 Å². The summed E-state index contributed by atoms with van der Waals surface area (Å²) in [6.07, 6.45) is 2.85. The van der Waals surface area contributed by atoms with E-state index in [1.165, 1.54) is 12.3 Å². The Balaban J connectivity index is 2.42. The van der Waals surface area contributed by atoms with Gasteiger partial charge in [0.05, 0.1) is 18.2 Å². The molecular weight excluding hydrogens is 231 g/mol. The Hall–Kier alpha value is -0.710. The van der Waals surface area contributed by atoms with Crippen molar-refractivity contribution in [2.24, 2.45) is 0 Å². The minimum absolute atomic E-state index is 0.0588. The Kier molecular flexibility index (Phi) is 5.66. The van der Waals surface area contributed by atoms with Gasteiger partial charge in [0.15, 0.2) is 0 Å². The number of alkyl halides is 1. The van der Waals surface area contributed by atoms with Gasteiger partial charge in [0.2, 0.25) is 0 Å². The lowest BCUT2D eigenvalue weighted by molar-refractivity contribution is 0.181. The van der Waals surface area contributed by atoms with Gasteiger partial charge in [-0.05, 0) is 18.7 Å². The van der Waals surface area contributed by atoms with Crippen molar-refractivity contribution < 1.29 is 9.13 Å². The molecule has 5 heteroatoms. The van der Waals surface area contributed by atoms with Crippen LogP contribution in [0.25, 0.3) is 0 Å². The van der Waals surface area contributed by atoms with E-state index in [2.05, 4.69) is 4.98 Å². The van der Waals surface area contributed by atoms with Crippen LogP contribution in [0.2, 0.25) is 0 Å². The highest BCUT2D eigenvalue weighted by molar-refractivity contribution is 6.20. The first-order valence-electron chi connectivity index (χ1n) is 5.02. The fourth-order valence-electron chi connectivity index (χ4n) is 1.49. The van der Waals surface area contributed by atoms with E-state index in [1.54, 1.807) is 13.3 Å². The molecule has 0 radical (unpaired) electrons. The topological polar surface area (TPSA) is 25.4 Å². The number of aromatic nitrogens is 1. The lowest BCUT2D eigenvalue weighted by Crippen LogP contribution is -2.28. The Labute approximate surface area is 100 Å². The Morgan fingerprint density at radius 3 is 2.94 bits per heavy atom. The number of halogens is 2. The largest absolute Gasteiger partial charge is 0.383 e. The van der Waals surface area contributed by atoms with Crippen molar-refractivity contribution >= 4 is 11.6 Å². The molecule has 1 unspecified atom stereocenters. The van der Waals surface area contributed by atoms with Gasteiger partial charge >= 0.3 is 0 Å². The maximum absolute atomic E-state index is 12.9. The third-order valence-electron chi connectivity index (χ3n) is 2.07. The predicted molar refractivity (Wildman–Crippen MR) is 62.0 cm³/mol. The molecule has 0 N–H and O–H groups in total. The zero-order valence-corrected chi connectivity index (χ0v) is 10.2. The van der Waals surface area contributed by atoms with E-state index in [0.717, 1.165) is 5.56 Å². The Bertz CT molecular complexity index is 325.